The lowest BCUT2D eigenvalue weighted by Gasteiger charge is -2.33. The number of hydrogen-bond acceptors (Lipinski definition) is 5. The van der Waals surface area contributed by atoms with Gasteiger partial charge in [-0.05, 0) is 48.6 Å². The van der Waals surface area contributed by atoms with Crippen molar-refractivity contribution in [3.05, 3.63) is 65.2 Å². The van der Waals surface area contributed by atoms with Crippen LogP contribution in [0.25, 0.3) is 17.1 Å². The SMILES string of the molecule is OCCN1CCN(Cn2nc(-c3ccc(F)cc3)n(-c3ccccc3)c2=S)CC1. The minimum atomic E-state index is -0.279. The molecule has 0 atom stereocenters. The molecule has 152 valence electrons. The summed E-state index contributed by atoms with van der Waals surface area (Å²) in [4.78, 5) is 4.56. The number of hydrogen-bond donors (Lipinski definition) is 1. The Balaban J connectivity index is 1.65. The number of nitrogens with zero attached hydrogens (tertiary/aromatic N) is 5. The Morgan fingerprint density at radius 2 is 1.59 bits per heavy atom. The van der Waals surface area contributed by atoms with Crippen LogP contribution in [0.3, 0.4) is 0 Å². The van der Waals surface area contributed by atoms with Gasteiger partial charge in [0.15, 0.2) is 5.82 Å². The highest BCUT2D eigenvalue weighted by atomic mass is 32.1. The first kappa shape index (κ1) is 19.9. The van der Waals surface area contributed by atoms with Crippen LogP contribution in [0.2, 0.25) is 0 Å². The average Bonchev–Trinajstić information content (AvgIpc) is 3.07. The van der Waals surface area contributed by atoms with Gasteiger partial charge in [-0.1, -0.05) is 18.2 Å². The van der Waals surface area contributed by atoms with Crippen LogP contribution in [0.1, 0.15) is 0 Å². The van der Waals surface area contributed by atoms with Crippen LogP contribution in [-0.2, 0) is 6.67 Å². The third kappa shape index (κ3) is 4.45. The fourth-order valence-electron chi connectivity index (χ4n) is 3.58. The Hall–Kier alpha value is -2.39. The highest BCUT2D eigenvalue weighted by molar-refractivity contribution is 7.71. The first-order valence-electron chi connectivity index (χ1n) is 9.72. The van der Waals surface area contributed by atoms with Crippen molar-refractivity contribution < 1.29 is 9.50 Å². The largest absolute Gasteiger partial charge is 0.395 e. The maximum absolute atomic E-state index is 13.4. The van der Waals surface area contributed by atoms with Gasteiger partial charge in [-0.25, -0.2) is 9.07 Å². The fraction of sp³-hybridized carbons (Fsp3) is 0.333. The zero-order valence-electron chi connectivity index (χ0n) is 16.1. The Morgan fingerprint density at radius 1 is 0.931 bits per heavy atom. The van der Waals surface area contributed by atoms with Crippen molar-refractivity contribution in [2.75, 3.05) is 39.3 Å². The molecule has 0 unspecified atom stereocenters. The Morgan fingerprint density at radius 3 is 2.24 bits per heavy atom. The van der Waals surface area contributed by atoms with E-state index in [0.29, 0.717) is 23.8 Å². The summed E-state index contributed by atoms with van der Waals surface area (Å²) in [5, 5.41) is 13.9. The van der Waals surface area contributed by atoms with Gasteiger partial charge >= 0.3 is 0 Å². The summed E-state index contributed by atoms with van der Waals surface area (Å²) in [6, 6.07) is 16.2. The zero-order valence-corrected chi connectivity index (χ0v) is 16.9. The van der Waals surface area contributed by atoms with Gasteiger partial charge in [0.1, 0.15) is 5.82 Å². The van der Waals surface area contributed by atoms with E-state index in [1.807, 2.05) is 39.6 Å². The van der Waals surface area contributed by atoms with E-state index in [-0.39, 0.29) is 12.4 Å². The summed E-state index contributed by atoms with van der Waals surface area (Å²) in [5.41, 5.74) is 1.74. The van der Waals surface area contributed by atoms with Crippen LogP contribution in [0, 0.1) is 10.6 Å². The molecule has 8 heteroatoms. The summed E-state index contributed by atoms with van der Waals surface area (Å²) in [7, 11) is 0. The summed E-state index contributed by atoms with van der Waals surface area (Å²) >= 11 is 5.77. The molecule has 1 N–H and O–H groups in total. The van der Waals surface area contributed by atoms with Crippen LogP contribution in [0.4, 0.5) is 4.39 Å². The van der Waals surface area contributed by atoms with Crippen LogP contribution in [-0.4, -0.2) is 68.6 Å². The van der Waals surface area contributed by atoms with E-state index in [1.54, 1.807) is 12.1 Å². The van der Waals surface area contributed by atoms with Gasteiger partial charge in [0, 0.05) is 44.0 Å². The summed E-state index contributed by atoms with van der Waals surface area (Å²) in [6.07, 6.45) is 0. The lowest BCUT2D eigenvalue weighted by molar-refractivity contribution is 0.0892. The molecule has 3 aromatic rings. The normalized spacial score (nSPS) is 15.7. The van der Waals surface area contributed by atoms with E-state index in [2.05, 4.69) is 9.80 Å². The quantitative estimate of drug-likeness (QED) is 0.630. The van der Waals surface area contributed by atoms with E-state index in [4.69, 9.17) is 22.4 Å². The molecule has 0 radical (unpaired) electrons. The van der Waals surface area contributed by atoms with Gasteiger partial charge in [-0.2, -0.15) is 0 Å². The molecular formula is C21H24FN5OS. The molecule has 0 bridgehead atoms. The van der Waals surface area contributed by atoms with E-state index in [9.17, 15) is 4.39 Å². The maximum Gasteiger partial charge on any atom is 0.204 e. The van der Waals surface area contributed by atoms with Crippen molar-refractivity contribution in [1.29, 1.82) is 0 Å². The number of aliphatic hydroxyl groups excluding tert-OH is 1. The number of aliphatic hydroxyl groups is 1. The van der Waals surface area contributed by atoms with E-state index >= 15 is 0 Å². The molecule has 0 aliphatic carbocycles. The smallest absolute Gasteiger partial charge is 0.204 e. The molecule has 1 aliphatic rings. The van der Waals surface area contributed by atoms with Crippen LogP contribution in [0.15, 0.2) is 54.6 Å². The second kappa shape index (κ2) is 8.96. The number of piperazine rings is 1. The lowest BCUT2D eigenvalue weighted by Crippen LogP contribution is -2.47. The molecule has 1 aromatic heterocycles. The van der Waals surface area contributed by atoms with Gasteiger partial charge in [-0.15, -0.1) is 5.10 Å². The molecule has 1 saturated heterocycles. The van der Waals surface area contributed by atoms with Crippen molar-refractivity contribution in [3.63, 3.8) is 0 Å². The number of halogens is 1. The van der Waals surface area contributed by atoms with Crippen LogP contribution in [0.5, 0.6) is 0 Å². The number of rotatable bonds is 6. The van der Waals surface area contributed by atoms with Crippen LogP contribution >= 0.6 is 12.2 Å². The molecule has 0 amide bonds. The lowest BCUT2D eigenvalue weighted by atomic mass is 10.2. The number of β-amino-alcohol motifs (C(OH)–C–C–N with tert-alkyl or cyclic N) is 1. The van der Waals surface area contributed by atoms with Crippen molar-refractivity contribution in [2.45, 2.75) is 6.67 Å². The monoisotopic (exact) mass is 413 g/mol. The third-order valence-corrected chi connectivity index (χ3v) is 5.56. The highest BCUT2D eigenvalue weighted by Gasteiger charge is 2.20. The molecule has 1 fully saturated rings. The predicted molar refractivity (Wildman–Crippen MR) is 113 cm³/mol. The Labute approximate surface area is 174 Å². The van der Waals surface area contributed by atoms with Gasteiger partial charge < -0.3 is 5.11 Å². The first-order valence-corrected chi connectivity index (χ1v) is 10.1. The molecule has 29 heavy (non-hydrogen) atoms. The van der Waals surface area contributed by atoms with Gasteiger partial charge in [-0.3, -0.25) is 14.4 Å². The number of para-hydroxylation sites is 1. The summed E-state index contributed by atoms with van der Waals surface area (Å²) in [6.45, 7) is 5.12. The maximum atomic E-state index is 13.4. The Kier molecular flexibility index (Phi) is 6.15. The van der Waals surface area contributed by atoms with E-state index in [0.717, 1.165) is 37.4 Å². The molecular weight excluding hydrogens is 389 g/mol. The molecule has 0 spiro atoms. The first-order chi connectivity index (χ1) is 14.2. The summed E-state index contributed by atoms with van der Waals surface area (Å²) in [5.74, 6) is 0.416. The van der Waals surface area contributed by atoms with Crippen molar-refractivity contribution in [2.24, 2.45) is 0 Å². The zero-order chi connectivity index (χ0) is 20.2. The van der Waals surface area contributed by atoms with Crippen molar-refractivity contribution >= 4 is 12.2 Å². The Bertz CT molecular complexity index is 994. The summed E-state index contributed by atoms with van der Waals surface area (Å²) < 4.78 is 17.8. The minimum Gasteiger partial charge on any atom is -0.395 e. The minimum absolute atomic E-state index is 0.188. The molecule has 2 aromatic carbocycles. The number of benzene rings is 2. The molecule has 4 rings (SSSR count). The van der Waals surface area contributed by atoms with Crippen molar-refractivity contribution in [1.82, 2.24) is 24.1 Å². The van der Waals surface area contributed by atoms with Gasteiger partial charge in [0.05, 0.1) is 13.3 Å². The standard InChI is InChI=1S/C21H24FN5OS/c22-18-8-6-17(7-9-18)20-23-26(16-25-12-10-24(11-13-25)14-15-28)21(29)27(20)19-4-2-1-3-5-19/h1-9,28H,10-16H2. The molecule has 0 saturated carbocycles. The third-order valence-electron chi connectivity index (χ3n) is 5.17. The molecule has 6 nitrogen and oxygen atoms in total. The fourth-order valence-corrected chi connectivity index (χ4v) is 3.87. The van der Waals surface area contributed by atoms with Crippen LogP contribution < -0.4 is 0 Å². The molecule has 1 aliphatic heterocycles. The number of aromatic nitrogens is 3. The van der Waals surface area contributed by atoms with Crippen molar-refractivity contribution in [3.8, 4) is 17.1 Å². The molecule has 2 heterocycles. The topological polar surface area (TPSA) is 49.5 Å². The second-order valence-corrected chi connectivity index (χ2v) is 7.47. The van der Waals surface area contributed by atoms with Gasteiger partial charge in [0.2, 0.25) is 4.77 Å². The second-order valence-electron chi connectivity index (χ2n) is 7.11. The average molecular weight is 414 g/mol. The van der Waals surface area contributed by atoms with Gasteiger partial charge in [0.25, 0.3) is 0 Å². The predicted octanol–water partition coefficient (Wildman–Crippen LogP) is 2.78. The highest BCUT2D eigenvalue weighted by Crippen LogP contribution is 2.23. The van der Waals surface area contributed by atoms with E-state index < -0.39 is 0 Å². The van der Waals surface area contributed by atoms with E-state index in [1.165, 1.54) is 12.1 Å².